The SMILES string of the molecule is Cc1cc(S(=O)(=O)NCC2CCC(O)C2)c(C)s1. The molecule has 6 heteroatoms. The summed E-state index contributed by atoms with van der Waals surface area (Å²) in [7, 11) is -3.40. The standard InChI is InChI=1S/C12H19NO3S2/c1-8-5-12(9(2)17-8)18(15,16)13-7-10-3-4-11(14)6-10/h5,10-11,13-14H,3-4,6-7H2,1-2H3. The van der Waals surface area contributed by atoms with Gasteiger partial charge in [-0.3, -0.25) is 0 Å². The molecule has 0 radical (unpaired) electrons. The minimum atomic E-state index is -3.40. The molecule has 0 aliphatic heterocycles. The molecule has 1 fully saturated rings. The van der Waals surface area contributed by atoms with Crippen LogP contribution in [0.4, 0.5) is 0 Å². The first kappa shape index (κ1) is 14.0. The number of hydrogen-bond acceptors (Lipinski definition) is 4. The summed E-state index contributed by atoms with van der Waals surface area (Å²) in [6.07, 6.45) is 2.11. The summed E-state index contributed by atoms with van der Waals surface area (Å²) in [6.45, 7) is 4.16. The largest absolute Gasteiger partial charge is 0.393 e. The van der Waals surface area contributed by atoms with E-state index < -0.39 is 10.0 Å². The van der Waals surface area contributed by atoms with Gasteiger partial charge >= 0.3 is 0 Å². The van der Waals surface area contributed by atoms with Crippen LogP contribution in [0.25, 0.3) is 0 Å². The van der Waals surface area contributed by atoms with Gasteiger partial charge in [0.25, 0.3) is 0 Å². The molecule has 102 valence electrons. The first-order chi connectivity index (χ1) is 8.38. The molecule has 1 aromatic heterocycles. The van der Waals surface area contributed by atoms with Gasteiger partial charge < -0.3 is 5.11 Å². The second kappa shape index (κ2) is 5.28. The third kappa shape index (κ3) is 3.12. The molecule has 1 aromatic rings. The maximum absolute atomic E-state index is 12.1. The number of thiophene rings is 1. The van der Waals surface area contributed by atoms with Crippen molar-refractivity contribution in [2.75, 3.05) is 6.54 Å². The molecular weight excluding hydrogens is 270 g/mol. The molecule has 0 bridgehead atoms. The molecule has 18 heavy (non-hydrogen) atoms. The van der Waals surface area contributed by atoms with Crippen LogP contribution in [0.3, 0.4) is 0 Å². The van der Waals surface area contributed by atoms with Crippen molar-refractivity contribution in [1.29, 1.82) is 0 Å². The highest BCUT2D eigenvalue weighted by Crippen LogP contribution is 2.27. The molecule has 1 aliphatic carbocycles. The highest BCUT2D eigenvalue weighted by molar-refractivity contribution is 7.89. The molecule has 0 aromatic carbocycles. The number of nitrogens with one attached hydrogen (secondary N) is 1. The van der Waals surface area contributed by atoms with E-state index in [0.717, 1.165) is 22.6 Å². The number of aryl methyl sites for hydroxylation is 2. The number of hydrogen-bond donors (Lipinski definition) is 2. The summed E-state index contributed by atoms with van der Waals surface area (Å²) in [6, 6.07) is 1.71. The molecule has 0 amide bonds. The maximum Gasteiger partial charge on any atom is 0.241 e. The highest BCUT2D eigenvalue weighted by atomic mass is 32.2. The second-order valence-corrected chi connectivity index (χ2v) is 8.16. The molecule has 4 nitrogen and oxygen atoms in total. The zero-order valence-electron chi connectivity index (χ0n) is 10.6. The average Bonchev–Trinajstić information content (AvgIpc) is 2.82. The van der Waals surface area contributed by atoms with Gasteiger partial charge in [0.2, 0.25) is 10.0 Å². The lowest BCUT2D eigenvalue weighted by Gasteiger charge is -2.11. The van der Waals surface area contributed by atoms with E-state index >= 15 is 0 Å². The number of aliphatic hydroxyl groups excluding tert-OH is 1. The van der Waals surface area contributed by atoms with E-state index in [-0.39, 0.29) is 12.0 Å². The Labute approximate surface area is 112 Å². The normalized spacial score (nSPS) is 24.6. The zero-order valence-corrected chi connectivity index (χ0v) is 12.3. The van der Waals surface area contributed by atoms with Crippen LogP contribution >= 0.6 is 11.3 Å². The topological polar surface area (TPSA) is 66.4 Å². The average molecular weight is 289 g/mol. The van der Waals surface area contributed by atoms with Crippen LogP contribution in [0.5, 0.6) is 0 Å². The van der Waals surface area contributed by atoms with Crippen molar-refractivity contribution < 1.29 is 13.5 Å². The van der Waals surface area contributed by atoms with Gasteiger partial charge in [0.1, 0.15) is 0 Å². The molecule has 0 spiro atoms. The van der Waals surface area contributed by atoms with Crippen LogP contribution in [0.1, 0.15) is 29.0 Å². The fraction of sp³-hybridized carbons (Fsp3) is 0.667. The van der Waals surface area contributed by atoms with Gasteiger partial charge in [0.05, 0.1) is 11.0 Å². The Kier molecular flexibility index (Phi) is 4.11. The Bertz CT molecular complexity index is 521. The van der Waals surface area contributed by atoms with E-state index in [4.69, 9.17) is 0 Å². The third-order valence-corrected chi connectivity index (χ3v) is 6.01. The quantitative estimate of drug-likeness (QED) is 0.888. The second-order valence-electron chi connectivity index (χ2n) is 4.96. The van der Waals surface area contributed by atoms with E-state index in [1.807, 2.05) is 13.8 Å². The van der Waals surface area contributed by atoms with Crippen LogP contribution in [0.15, 0.2) is 11.0 Å². The highest BCUT2D eigenvalue weighted by Gasteiger charge is 2.25. The Hall–Kier alpha value is -0.430. The fourth-order valence-electron chi connectivity index (χ4n) is 2.41. The predicted octanol–water partition coefficient (Wildman–Crippen LogP) is 1.80. The monoisotopic (exact) mass is 289 g/mol. The van der Waals surface area contributed by atoms with Crippen molar-refractivity contribution in [2.24, 2.45) is 5.92 Å². The van der Waals surface area contributed by atoms with Gasteiger partial charge in [-0.1, -0.05) is 0 Å². The smallest absolute Gasteiger partial charge is 0.241 e. The van der Waals surface area contributed by atoms with Crippen molar-refractivity contribution >= 4 is 21.4 Å². The molecule has 2 rings (SSSR count). The summed E-state index contributed by atoms with van der Waals surface area (Å²) in [5.74, 6) is 0.259. The summed E-state index contributed by atoms with van der Waals surface area (Å²) in [4.78, 5) is 2.22. The fourth-order valence-corrected chi connectivity index (χ4v) is 5.08. The van der Waals surface area contributed by atoms with Gasteiger partial charge in [-0.05, 0) is 45.1 Å². The predicted molar refractivity (Wildman–Crippen MR) is 72.3 cm³/mol. The summed E-state index contributed by atoms with van der Waals surface area (Å²) < 4.78 is 26.9. The molecule has 1 aliphatic rings. The van der Waals surface area contributed by atoms with Gasteiger partial charge in [0.15, 0.2) is 0 Å². The molecular formula is C12H19NO3S2. The van der Waals surface area contributed by atoms with Gasteiger partial charge in [0, 0.05) is 16.3 Å². The van der Waals surface area contributed by atoms with Crippen LogP contribution in [-0.2, 0) is 10.0 Å². The minimum Gasteiger partial charge on any atom is -0.393 e. The lowest BCUT2D eigenvalue weighted by molar-refractivity contribution is 0.178. The molecule has 1 saturated carbocycles. The van der Waals surface area contributed by atoms with Crippen molar-refractivity contribution in [3.05, 3.63) is 15.8 Å². The zero-order chi connectivity index (χ0) is 13.3. The first-order valence-corrected chi connectivity index (χ1v) is 8.43. The lowest BCUT2D eigenvalue weighted by atomic mass is 10.1. The number of aliphatic hydroxyl groups is 1. The minimum absolute atomic E-state index is 0.259. The van der Waals surface area contributed by atoms with Crippen molar-refractivity contribution in [3.8, 4) is 0 Å². The van der Waals surface area contributed by atoms with E-state index in [1.165, 1.54) is 11.3 Å². The lowest BCUT2D eigenvalue weighted by Crippen LogP contribution is -2.29. The Morgan fingerprint density at radius 1 is 1.44 bits per heavy atom. The first-order valence-electron chi connectivity index (χ1n) is 6.13. The van der Waals surface area contributed by atoms with Crippen LogP contribution in [0.2, 0.25) is 0 Å². The maximum atomic E-state index is 12.1. The van der Waals surface area contributed by atoms with Crippen molar-refractivity contribution in [2.45, 2.75) is 44.1 Å². The van der Waals surface area contributed by atoms with E-state index in [1.54, 1.807) is 6.07 Å². The Morgan fingerprint density at radius 2 is 2.17 bits per heavy atom. The number of sulfonamides is 1. The summed E-state index contributed by atoms with van der Waals surface area (Å²) in [5.41, 5.74) is 0. The van der Waals surface area contributed by atoms with Crippen LogP contribution in [0, 0.1) is 19.8 Å². The third-order valence-electron chi connectivity index (χ3n) is 3.36. The van der Waals surface area contributed by atoms with Crippen LogP contribution < -0.4 is 4.72 Å². The Balaban J connectivity index is 2.02. The van der Waals surface area contributed by atoms with E-state index in [2.05, 4.69) is 4.72 Å². The van der Waals surface area contributed by atoms with E-state index in [9.17, 15) is 13.5 Å². The van der Waals surface area contributed by atoms with Gasteiger partial charge in [-0.25, -0.2) is 13.1 Å². The van der Waals surface area contributed by atoms with Crippen molar-refractivity contribution in [3.63, 3.8) is 0 Å². The number of rotatable bonds is 4. The molecule has 0 saturated heterocycles. The van der Waals surface area contributed by atoms with Gasteiger partial charge in [-0.2, -0.15) is 0 Å². The summed E-state index contributed by atoms with van der Waals surface area (Å²) >= 11 is 1.50. The molecule has 2 atom stereocenters. The molecule has 1 heterocycles. The van der Waals surface area contributed by atoms with Gasteiger partial charge in [-0.15, -0.1) is 11.3 Å². The molecule has 2 unspecified atom stereocenters. The van der Waals surface area contributed by atoms with Crippen molar-refractivity contribution in [1.82, 2.24) is 4.72 Å². The van der Waals surface area contributed by atoms with Crippen LogP contribution in [-0.4, -0.2) is 26.2 Å². The molecule has 2 N–H and O–H groups in total. The van der Waals surface area contributed by atoms with E-state index in [0.29, 0.717) is 17.9 Å². The Morgan fingerprint density at radius 3 is 2.67 bits per heavy atom. The summed E-state index contributed by atoms with van der Waals surface area (Å²) in [5, 5.41) is 9.42.